The SMILES string of the molecule is CCNC(=NCCNS(=O)(=O)c1cccnc1)N1CCC(CC(=O)NC)CC1. The maximum Gasteiger partial charge on any atom is 0.242 e. The van der Waals surface area contributed by atoms with E-state index in [0.29, 0.717) is 18.9 Å². The van der Waals surface area contributed by atoms with Crippen molar-refractivity contribution in [2.45, 2.75) is 31.1 Å². The Kier molecular flexibility index (Phi) is 8.65. The monoisotopic (exact) mass is 410 g/mol. The average Bonchev–Trinajstić information content (AvgIpc) is 2.71. The molecule has 10 heteroatoms. The number of hydrogen-bond donors (Lipinski definition) is 3. The van der Waals surface area contributed by atoms with Crippen molar-refractivity contribution in [1.82, 2.24) is 25.2 Å². The van der Waals surface area contributed by atoms with E-state index in [-0.39, 0.29) is 17.3 Å². The van der Waals surface area contributed by atoms with Crippen molar-refractivity contribution in [3.05, 3.63) is 24.5 Å². The van der Waals surface area contributed by atoms with Gasteiger partial charge >= 0.3 is 0 Å². The molecule has 9 nitrogen and oxygen atoms in total. The van der Waals surface area contributed by atoms with Crippen LogP contribution in [-0.2, 0) is 14.8 Å². The first kappa shape index (κ1) is 22.1. The van der Waals surface area contributed by atoms with Gasteiger partial charge in [-0.1, -0.05) is 0 Å². The number of nitrogens with one attached hydrogen (secondary N) is 3. The number of rotatable bonds is 8. The molecule has 0 bridgehead atoms. The zero-order chi connectivity index (χ0) is 20.4. The lowest BCUT2D eigenvalue weighted by atomic mass is 9.93. The van der Waals surface area contributed by atoms with Gasteiger partial charge in [-0.15, -0.1) is 0 Å². The molecule has 0 spiro atoms. The summed E-state index contributed by atoms with van der Waals surface area (Å²) in [7, 11) is -1.91. The van der Waals surface area contributed by atoms with E-state index in [9.17, 15) is 13.2 Å². The number of nitrogens with zero attached hydrogens (tertiary/aromatic N) is 3. The minimum absolute atomic E-state index is 0.0833. The molecule has 3 N–H and O–H groups in total. The first-order valence-electron chi connectivity index (χ1n) is 9.59. The summed E-state index contributed by atoms with van der Waals surface area (Å²) in [4.78, 5) is 22.2. The molecule has 0 atom stereocenters. The summed E-state index contributed by atoms with van der Waals surface area (Å²) in [5, 5.41) is 5.93. The Morgan fingerprint density at radius 2 is 2.11 bits per heavy atom. The molecule has 2 rings (SSSR count). The van der Waals surface area contributed by atoms with Crippen molar-refractivity contribution < 1.29 is 13.2 Å². The molecular formula is C18H30N6O3S. The molecule has 1 aliphatic rings. The summed E-state index contributed by atoms with van der Waals surface area (Å²) in [6, 6.07) is 3.09. The van der Waals surface area contributed by atoms with Gasteiger partial charge in [-0.05, 0) is 37.8 Å². The number of amides is 1. The molecule has 0 radical (unpaired) electrons. The zero-order valence-electron chi connectivity index (χ0n) is 16.5. The third-order valence-electron chi connectivity index (χ3n) is 4.61. The summed E-state index contributed by atoms with van der Waals surface area (Å²) in [5.41, 5.74) is 0. The van der Waals surface area contributed by atoms with E-state index >= 15 is 0 Å². The van der Waals surface area contributed by atoms with Crippen LogP contribution in [0.5, 0.6) is 0 Å². The van der Waals surface area contributed by atoms with Crippen LogP contribution in [-0.4, -0.2) is 69.9 Å². The Morgan fingerprint density at radius 3 is 2.71 bits per heavy atom. The lowest BCUT2D eigenvalue weighted by molar-refractivity contribution is -0.121. The minimum atomic E-state index is -3.57. The molecule has 1 aliphatic heterocycles. The second kappa shape index (κ2) is 11.0. The quantitative estimate of drug-likeness (QED) is 0.320. The predicted molar refractivity (Wildman–Crippen MR) is 108 cm³/mol. The molecule has 0 unspecified atom stereocenters. The molecule has 0 aliphatic carbocycles. The van der Waals surface area contributed by atoms with Crippen molar-refractivity contribution in [3.8, 4) is 0 Å². The molecule has 0 saturated carbocycles. The van der Waals surface area contributed by atoms with Gasteiger partial charge in [0.25, 0.3) is 0 Å². The number of likely N-dealkylation sites (tertiary alicyclic amines) is 1. The fourth-order valence-electron chi connectivity index (χ4n) is 3.07. The normalized spacial score (nSPS) is 16.1. The van der Waals surface area contributed by atoms with E-state index in [4.69, 9.17) is 0 Å². The van der Waals surface area contributed by atoms with Crippen molar-refractivity contribution >= 4 is 21.9 Å². The Morgan fingerprint density at radius 1 is 1.36 bits per heavy atom. The topological polar surface area (TPSA) is 116 Å². The van der Waals surface area contributed by atoms with Gasteiger partial charge in [0.15, 0.2) is 5.96 Å². The number of carbonyl (C=O) groups is 1. The number of pyridine rings is 1. The van der Waals surface area contributed by atoms with Crippen LogP contribution in [0.3, 0.4) is 0 Å². The summed E-state index contributed by atoms with van der Waals surface area (Å²) in [5.74, 6) is 1.26. The predicted octanol–water partition coefficient (Wildman–Crippen LogP) is 0.174. The van der Waals surface area contributed by atoms with Crippen LogP contribution in [0.4, 0.5) is 0 Å². The second-order valence-corrected chi connectivity index (χ2v) is 8.40. The Hall–Kier alpha value is -2.20. The van der Waals surface area contributed by atoms with Crippen molar-refractivity contribution in [3.63, 3.8) is 0 Å². The summed E-state index contributed by atoms with van der Waals surface area (Å²) in [6.07, 6.45) is 5.29. The first-order valence-corrected chi connectivity index (χ1v) is 11.1. The molecule has 2 heterocycles. The highest BCUT2D eigenvalue weighted by Crippen LogP contribution is 2.20. The highest BCUT2D eigenvalue weighted by Gasteiger charge is 2.23. The van der Waals surface area contributed by atoms with E-state index < -0.39 is 10.0 Å². The van der Waals surface area contributed by atoms with Crippen LogP contribution in [0, 0.1) is 5.92 Å². The molecule has 1 fully saturated rings. The number of aliphatic imine (C=N–C) groups is 1. The summed E-state index contributed by atoms with van der Waals surface area (Å²) >= 11 is 0. The maximum absolute atomic E-state index is 12.2. The van der Waals surface area contributed by atoms with Crippen molar-refractivity contribution in [2.24, 2.45) is 10.9 Å². The van der Waals surface area contributed by atoms with E-state index in [1.165, 1.54) is 18.5 Å². The Bertz CT molecular complexity index is 746. The standard InChI is InChI=1S/C18H30N6O3S/c1-3-21-18(24-11-6-15(7-12-24)13-17(25)19-2)22-9-10-23-28(26,27)16-5-4-8-20-14-16/h4-5,8,14-15,23H,3,6-7,9-13H2,1-2H3,(H,19,25)(H,21,22). The smallest absolute Gasteiger partial charge is 0.242 e. The molecule has 1 amide bonds. The molecule has 28 heavy (non-hydrogen) atoms. The Labute approximate surface area is 167 Å². The maximum atomic E-state index is 12.2. The fourth-order valence-corrected chi connectivity index (χ4v) is 4.05. The number of aromatic nitrogens is 1. The van der Waals surface area contributed by atoms with Gasteiger partial charge in [-0.3, -0.25) is 14.8 Å². The van der Waals surface area contributed by atoms with Crippen molar-refractivity contribution in [2.75, 3.05) is 39.8 Å². The van der Waals surface area contributed by atoms with Crippen LogP contribution < -0.4 is 15.4 Å². The molecule has 156 valence electrons. The van der Waals surface area contributed by atoms with Crippen LogP contribution in [0.1, 0.15) is 26.2 Å². The van der Waals surface area contributed by atoms with Gasteiger partial charge in [-0.25, -0.2) is 13.1 Å². The van der Waals surface area contributed by atoms with E-state index in [0.717, 1.165) is 38.4 Å². The average molecular weight is 411 g/mol. The minimum Gasteiger partial charge on any atom is -0.359 e. The third-order valence-corrected chi connectivity index (χ3v) is 6.06. The van der Waals surface area contributed by atoms with E-state index in [2.05, 4.69) is 30.2 Å². The number of carbonyl (C=O) groups excluding carboxylic acids is 1. The number of guanidine groups is 1. The number of piperidine rings is 1. The lowest BCUT2D eigenvalue weighted by Gasteiger charge is -2.34. The molecule has 0 aromatic carbocycles. The highest BCUT2D eigenvalue weighted by molar-refractivity contribution is 7.89. The second-order valence-electron chi connectivity index (χ2n) is 6.63. The lowest BCUT2D eigenvalue weighted by Crippen LogP contribution is -2.46. The molecular weight excluding hydrogens is 380 g/mol. The third kappa shape index (κ3) is 6.75. The van der Waals surface area contributed by atoms with Gasteiger partial charge in [0.2, 0.25) is 15.9 Å². The van der Waals surface area contributed by atoms with Crippen molar-refractivity contribution in [1.29, 1.82) is 0 Å². The van der Waals surface area contributed by atoms with Crippen LogP contribution in [0.25, 0.3) is 0 Å². The molecule has 1 aromatic rings. The molecule has 1 aromatic heterocycles. The van der Waals surface area contributed by atoms with Gasteiger partial charge in [0, 0.05) is 52.0 Å². The van der Waals surface area contributed by atoms with E-state index in [1.807, 2.05) is 6.92 Å². The van der Waals surface area contributed by atoms with Crippen LogP contribution >= 0.6 is 0 Å². The summed E-state index contributed by atoms with van der Waals surface area (Å²) in [6.45, 7) is 4.93. The number of hydrogen-bond acceptors (Lipinski definition) is 5. The summed E-state index contributed by atoms with van der Waals surface area (Å²) < 4.78 is 26.9. The van der Waals surface area contributed by atoms with Crippen LogP contribution in [0.2, 0.25) is 0 Å². The largest absolute Gasteiger partial charge is 0.359 e. The zero-order valence-corrected chi connectivity index (χ0v) is 17.3. The number of sulfonamides is 1. The first-order chi connectivity index (χ1) is 13.5. The van der Waals surface area contributed by atoms with Crippen LogP contribution in [0.15, 0.2) is 34.4 Å². The van der Waals surface area contributed by atoms with Gasteiger partial charge < -0.3 is 15.5 Å². The van der Waals surface area contributed by atoms with Gasteiger partial charge in [-0.2, -0.15) is 0 Å². The fraction of sp³-hybridized carbons (Fsp3) is 0.611. The highest BCUT2D eigenvalue weighted by atomic mass is 32.2. The van der Waals surface area contributed by atoms with Gasteiger partial charge in [0.1, 0.15) is 4.90 Å². The Balaban J connectivity index is 1.85. The van der Waals surface area contributed by atoms with E-state index in [1.54, 1.807) is 13.1 Å². The molecule has 1 saturated heterocycles. The van der Waals surface area contributed by atoms with Gasteiger partial charge in [0.05, 0.1) is 6.54 Å².